The number of nitrogens with two attached hydrogens (primary N) is 2. The molecule has 6 N–H and O–H groups in total. The summed E-state index contributed by atoms with van der Waals surface area (Å²) >= 11 is 0. The van der Waals surface area contributed by atoms with E-state index in [0.717, 1.165) is 11.1 Å². The summed E-state index contributed by atoms with van der Waals surface area (Å²) in [6.07, 6.45) is 2.36. The van der Waals surface area contributed by atoms with Gasteiger partial charge < -0.3 is 31.4 Å². The van der Waals surface area contributed by atoms with Crippen LogP contribution in [0.4, 0.5) is 16.3 Å². The summed E-state index contributed by atoms with van der Waals surface area (Å²) in [7, 11) is 1.55. The third-order valence-corrected chi connectivity index (χ3v) is 5.01. The van der Waals surface area contributed by atoms with Gasteiger partial charge in [0.25, 0.3) is 0 Å². The fourth-order valence-corrected chi connectivity index (χ4v) is 3.47. The van der Waals surface area contributed by atoms with Gasteiger partial charge in [-0.3, -0.25) is 0 Å². The van der Waals surface area contributed by atoms with Gasteiger partial charge in [0.05, 0.1) is 18.5 Å². The second-order valence-corrected chi connectivity index (χ2v) is 7.12. The van der Waals surface area contributed by atoms with Gasteiger partial charge in [-0.1, -0.05) is 12.1 Å². The van der Waals surface area contributed by atoms with Crippen LogP contribution in [0.5, 0.6) is 5.75 Å². The lowest BCUT2D eigenvalue weighted by Crippen LogP contribution is -2.24. The van der Waals surface area contributed by atoms with Crippen LogP contribution in [0.25, 0.3) is 33.8 Å². The van der Waals surface area contributed by atoms with E-state index in [2.05, 4.69) is 25.9 Å². The van der Waals surface area contributed by atoms with Gasteiger partial charge in [-0.15, -0.1) is 0 Å². The van der Waals surface area contributed by atoms with Gasteiger partial charge in [-0.2, -0.15) is 0 Å². The fourth-order valence-electron chi connectivity index (χ4n) is 3.47. The number of urea groups is 1. The number of anilines is 2. The van der Waals surface area contributed by atoms with Crippen molar-refractivity contribution in [2.24, 2.45) is 5.73 Å². The highest BCUT2D eigenvalue weighted by Crippen LogP contribution is 2.37. The van der Waals surface area contributed by atoms with Crippen molar-refractivity contribution in [3.8, 4) is 28.5 Å². The molecule has 0 aliphatic heterocycles. The number of hydrogen-bond acceptors (Lipinski definition) is 9. The standard InChI is InChI=1S/C21H25N9O3/c1-3-30-18-14(32-9-5-8-22)11-25-15(12-6-4-7-13(10-12)26-21(31)24-2)16(18)27-20(30)17-19(23)29-33-28-17/h4,6-7,10-11H,3,5,8-9,22H2,1-2H3,(H2,23,29)(H2,24,26,31). The zero-order valence-corrected chi connectivity index (χ0v) is 18.3. The molecule has 0 aliphatic carbocycles. The van der Waals surface area contributed by atoms with E-state index in [1.54, 1.807) is 19.3 Å². The number of fused-ring (bicyclic) bond motifs is 1. The average molecular weight is 451 g/mol. The first kappa shape index (κ1) is 22.0. The summed E-state index contributed by atoms with van der Waals surface area (Å²) < 4.78 is 12.7. The molecule has 4 aromatic rings. The Hall–Kier alpha value is -4.19. The van der Waals surface area contributed by atoms with Gasteiger partial charge in [-0.05, 0) is 42.3 Å². The third-order valence-electron chi connectivity index (χ3n) is 5.01. The van der Waals surface area contributed by atoms with E-state index in [1.165, 1.54) is 0 Å². The zero-order chi connectivity index (χ0) is 23.4. The van der Waals surface area contributed by atoms with Crippen LogP contribution in [0.3, 0.4) is 0 Å². The molecule has 0 atom stereocenters. The number of carbonyl (C=O) groups excluding carboxylic acids is 1. The highest BCUT2D eigenvalue weighted by Gasteiger charge is 2.24. The number of nitrogens with zero attached hydrogens (tertiary/aromatic N) is 5. The minimum Gasteiger partial charge on any atom is -0.490 e. The minimum atomic E-state index is -0.319. The Balaban J connectivity index is 1.91. The van der Waals surface area contributed by atoms with Crippen LogP contribution < -0.4 is 26.8 Å². The molecule has 4 rings (SSSR count). The van der Waals surface area contributed by atoms with Crippen LogP contribution in [0.15, 0.2) is 35.1 Å². The Kier molecular flexibility index (Phi) is 6.36. The molecule has 0 aliphatic rings. The number of aromatic nitrogens is 5. The van der Waals surface area contributed by atoms with Crippen molar-refractivity contribution in [3.63, 3.8) is 0 Å². The highest BCUT2D eigenvalue weighted by molar-refractivity contribution is 5.97. The lowest BCUT2D eigenvalue weighted by atomic mass is 10.1. The molecule has 0 unspecified atom stereocenters. The van der Waals surface area contributed by atoms with Gasteiger partial charge in [0.15, 0.2) is 23.1 Å². The van der Waals surface area contributed by atoms with Crippen LogP contribution in [0.1, 0.15) is 13.3 Å². The molecule has 2 amide bonds. The number of carbonyl (C=O) groups is 1. The van der Waals surface area contributed by atoms with Crippen molar-refractivity contribution >= 4 is 28.6 Å². The van der Waals surface area contributed by atoms with Gasteiger partial charge in [-0.25, -0.2) is 19.4 Å². The first-order valence-electron chi connectivity index (χ1n) is 10.5. The molecular weight excluding hydrogens is 426 g/mol. The summed E-state index contributed by atoms with van der Waals surface area (Å²) in [5.41, 5.74) is 15.2. The maximum atomic E-state index is 11.7. The molecular formula is C21H25N9O3. The third kappa shape index (κ3) is 4.28. The molecule has 1 aromatic carbocycles. The first-order chi connectivity index (χ1) is 16.1. The topological polar surface area (TPSA) is 172 Å². The maximum Gasteiger partial charge on any atom is 0.318 e. The van der Waals surface area contributed by atoms with Gasteiger partial charge in [0.2, 0.25) is 0 Å². The number of nitrogens with one attached hydrogen (secondary N) is 2. The number of aryl methyl sites for hydroxylation is 1. The van der Waals surface area contributed by atoms with Gasteiger partial charge in [0.1, 0.15) is 11.0 Å². The molecule has 12 heteroatoms. The summed E-state index contributed by atoms with van der Waals surface area (Å²) in [5.74, 6) is 1.19. The second-order valence-electron chi connectivity index (χ2n) is 7.12. The van der Waals surface area contributed by atoms with E-state index in [4.69, 9.17) is 25.8 Å². The Bertz CT molecular complexity index is 1280. The van der Waals surface area contributed by atoms with Crippen molar-refractivity contribution in [2.45, 2.75) is 19.9 Å². The number of benzene rings is 1. The second kappa shape index (κ2) is 9.53. The van der Waals surface area contributed by atoms with E-state index in [0.29, 0.717) is 60.3 Å². The summed E-state index contributed by atoms with van der Waals surface area (Å²) in [6.45, 7) is 3.49. The molecule has 0 spiro atoms. The highest BCUT2D eigenvalue weighted by atomic mass is 16.6. The molecule has 0 saturated heterocycles. The molecule has 0 saturated carbocycles. The van der Waals surface area contributed by atoms with Crippen LogP contribution in [0.2, 0.25) is 0 Å². The summed E-state index contributed by atoms with van der Waals surface area (Å²) in [6, 6.07) is 7.01. The zero-order valence-electron chi connectivity index (χ0n) is 18.3. The summed E-state index contributed by atoms with van der Waals surface area (Å²) in [5, 5.41) is 12.9. The average Bonchev–Trinajstić information content (AvgIpc) is 3.42. The Labute approximate surface area is 189 Å². The van der Waals surface area contributed by atoms with Gasteiger partial charge in [0, 0.05) is 24.8 Å². The van der Waals surface area contributed by atoms with Crippen molar-refractivity contribution in [2.75, 3.05) is 31.2 Å². The van der Waals surface area contributed by atoms with Crippen LogP contribution in [0, 0.1) is 0 Å². The monoisotopic (exact) mass is 451 g/mol. The fraction of sp³-hybridized carbons (Fsp3) is 0.286. The molecule has 0 fully saturated rings. The number of ether oxygens (including phenoxy) is 1. The maximum absolute atomic E-state index is 11.7. The lowest BCUT2D eigenvalue weighted by Gasteiger charge is -2.12. The van der Waals surface area contributed by atoms with Crippen molar-refractivity contribution in [1.82, 2.24) is 30.2 Å². The van der Waals surface area contributed by atoms with Gasteiger partial charge >= 0.3 is 6.03 Å². The molecule has 12 nitrogen and oxygen atoms in total. The Morgan fingerprint density at radius 2 is 2.12 bits per heavy atom. The van der Waals surface area contributed by atoms with Crippen molar-refractivity contribution in [1.29, 1.82) is 0 Å². The number of rotatable bonds is 8. The molecule has 172 valence electrons. The molecule has 0 radical (unpaired) electrons. The molecule has 0 bridgehead atoms. The molecule has 33 heavy (non-hydrogen) atoms. The lowest BCUT2D eigenvalue weighted by molar-refractivity contribution is 0.254. The molecule has 3 heterocycles. The number of amides is 2. The van der Waals surface area contributed by atoms with E-state index >= 15 is 0 Å². The minimum absolute atomic E-state index is 0.136. The number of hydrogen-bond donors (Lipinski definition) is 4. The predicted octanol–water partition coefficient (Wildman–Crippen LogP) is 2.23. The van der Waals surface area contributed by atoms with Crippen LogP contribution in [-0.4, -0.2) is 51.1 Å². The smallest absolute Gasteiger partial charge is 0.318 e. The predicted molar refractivity (Wildman–Crippen MR) is 124 cm³/mol. The number of imidazole rings is 1. The first-order valence-corrected chi connectivity index (χ1v) is 10.5. The van der Waals surface area contributed by atoms with Crippen LogP contribution >= 0.6 is 0 Å². The van der Waals surface area contributed by atoms with E-state index in [9.17, 15) is 4.79 Å². The van der Waals surface area contributed by atoms with E-state index in [1.807, 2.05) is 29.7 Å². The number of pyridine rings is 1. The quantitative estimate of drug-likeness (QED) is 0.293. The molecule has 3 aromatic heterocycles. The van der Waals surface area contributed by atoms with E-state index in [-0.39, 0.29) is 11.8 Å². The number of nitrogen functional groups attached to an aromatic ring is 1. The summed E-state index contributed by atoms with van der Waals surface area (Å²) in [4.78, 5) is 21.2. The normalized spacial score (nSPS) is 11.0. The van der Waals surface area contributed by atoms with E-state index < -0.39 is 0 Å². The Morgan fingerprint density at radius 1 is 1.27 bits per heavy atom. The van der Waals surface area contributed by atoms with Crippen LogP contribution in [-0.2, 0) is 6.54 Å². The largest absolute Gasteiger partial charge is 0.490 e. The SMILES string of the molecule is CCn1c(-c2nonc2N)nc2c(-c3cccc(NC(=O)NC)c3)ncc(OCCCN)c21. The Morgan fingerprint density at radius 3 is 2.82 bits per heavy atom. The van der Waals surface area contributed by atoms with Crippen molar-refractivity contribution < 1.29 is 14.2 Å². The van der Waals surface area contributed by atoms with Crippen molar-refractivity contribution in [3.05, 3.63) is 30.5 Å².